The summed E-state index contributed by atoms with van der Waals surface area (Å²) in [7, 11) is 1.66. The Hall–Kier alpha value is -3.65. The summed E-state index contributed by atoms with van der Waals surface area (Å²) < 4.78 is 58.0. The van der Waals surface area contributed by atoms with E-state index in [1.807, 2.05) is 20.8 Å². The van der Waals surface area contributed by atoms with Gasteiger partial charge in [0.1, 0.15) is 11.6 Å². The molecule has 1 aromatic carbocycles. The van der Waals surface area contributed by atoms with Gasteiger partial charge in [0.25, 0.3) is 11.4 Å². The molecule has 3 heterocycles. The Balaban J connectivity index is 1.65. The van der Waals surface area contributed by atoms with Gasteiger partial charge in [0.2, 0.25) is 5.52 Å². The van der Waals surface area contributed by atoms with Crippen molar-refractivity contribution in [2.75, 3.05) is 18.0 Å². The van der Waals surface area contributed by atoms with Crippen LogP contribution in [0.5, 0.6) is 5.75 Å². The molecule has 0 bridgehead atoms. The summed E-state index contributed by atoms with van der Waals surface area (Å²) in [5.74, 6) is -1.13. The van der Waals surface area contributed by atoms with Crippen LogP contribution in [0.1, 0.15) is 38.8 Å². The zero-order chi connectivity index (χ0) is 27.1. The lowest BCUT2D eigenvalue weighted by Crippen LogP contribution is -2.57. The first-order valence-corrected chi connectivity index (χ1v) is 11.9. The maximum absolute atomic E-state index is 15.0. The molecule has 196 valence electrons. The number of aromatic nitrogens is 2. The number of halogens is 4. The zero-order valence-electron chi connectivity index (χ0n) is 20.9. The van der Waals surface area contributed by atoms with Gasteiger partial charge < -0.3 is 19.0 Å². The predicted octanol–water partition coefficient (Wildman–Crippen LogP) is 5.57. The highest BCUT2D eigenvalue weighted by molar-refractivity contribution is 5.89. The summed E-state index contributed by atoms with van der Waals surface area (Å²) in [5.41, 5.74) is 1.91. The van der Waals surface area contributed by atoms with Gasteiger partial charge in [-0.25, -0.2) is 4.39 Å². The quantitative estimate of drug-likeness (QED) is 0.327. The molecular formula is C26H27F4N5O2. The molecule has 4 rings (SSSR count). The third kappa shape index (κ3) is 5.25. The standard InChI is InChI=1S/C26H27F4N5O2/c1-6-20(18-8-7-17(11-19(18)27)37-26(28,29)30)34-13-16(3)35(14-15(34)2)22-12-24(36)33(5)21-9-10-23(31-4)32-25(21)22/h7-12,15-16,20H,6,13-14H2,1-3,5H3/t15-,16+,20?/m1/s1. The fraction of sp³-hybridized carbons (Fsp3) is 0.423. The average molecular weight is 518 g/mol. The lowest BCUT2D eigenvalue weighted by Gasteiger charge is -2.48. The van der Waals surface area contributed by atoms with Crippen molar-refractivity contribution in [3.8, 4) is 5.75 Å². The largest absolute Gasteiger partial charge is 0.573 e. The minimum atomic E-state index is -4.90. The number of nitrogens with zero attached hydrogens (tertiary/aromatic N) is 5. The molecule has 37 heavy (non-hydrogen) atoms. The van der Waals surface area contributed by atoms with Crippen LogP contribution in [-0.4, -0.2) is 46.0 Å². The van der Waals surface area contributed by atoms with Gasteiger partial charge in [0, 0.05) is 56.0 Å². The van der Waals surface area contributed by atoms with E-state index in [1.54, 1.807) is 19.2 Å². The number of hydrogen-bond donors (Lipinski definition) is 0. The van der Waals surface area contributed by atoms with Crippen LogP contribution in [0.4, 0.5) is 29.1 Å². The highest BCUT2D eigenvalue weighted by Gasteiger charge is 2.36. The minimum Gasteiger partial charge on any atom is -0.406 e. The summed E-state index contributed by atoms with van der Waals surface area (Å²) in [6.07, 6.45) is -4.36. The molecule has 1 aliphatic heterocycles. The van der Waals surface area contributed by atoms with Gasteiger partial charge in [-0.15, -0.1) is 18.2 Å². The van der Waals surface area contributed by atoms with E-state index in [9.17, 15) is 22.4 Å². The summed E-state index contributed by atoms with van der Waals surface area (Å²) >= 11 is 0. The first-order chi connectivity index (χ1) is 17.4. The van der Waals surface area contributed by atoms with Crippen LogP contribution in [0.2, 0.25) is 0 Å². The van der Waals surface area contributed by atoms with Gasteiger partial charge in [-0.3, -0.25) is 9.69 Å². The molecule has 0 amide bonds. The lowest BCUT2D eigenvalue weighted by molar-refractivity contribution is -0.274. The molecule has 3 aromatic rings. The minimum absolute atomic E-state index is 0.0881. The van der Waals surface area contributed by atoms with E-state index in [0.717, 1.165) is 12.1 Å². The molecule has 3 atom stereocenters. The van der Waals surface area contributed by atoms with Crippen molar-refractivity contribution in [1.82, 2.24) is 14.5 Å². The van der Waals surface area contributed by atoms with Crippen LogP contribution in [-0.2, 0) is 7.05 Å². The number of rotatable bonds is 5. The van der Waals surface area contributed by atoms with Crippen LogP contribution in [0.15, 0.2) is 41.2 Å². The smallest absolute Gasteiger partial charge is 0.406 e. The van der Waals surface area contributed by atoms with E-state index in [0.29, 0.717) is 41.8 Å². The number of hydrogen-bond acceptors (Lipinski definition) is 5. The third-order valence-corrected chi connectivity index (χ3v) is 6.86. The van der Waals surface area contributed by atoms with Gasteiger partial charge in [-0.2, -0.15) is 0 Å². The molecule has 0 radical (unpaired) electrons. The van der Waals surface area contributed by atoms with Gasteiger partial charge in [-0.05, 0) is 38.5 Å². The number of fused-ring (bicyclic) bond motifs is 1. The monoisotopic (exact) mass is 517 g/mol. The van der Waals surface area contributed by atoms with E-state index >= 15 is 0 Å². The maximum atomic E-state index is 15.0. The summed E-state index contributed by atoms with van der Waals surface area (Å²) in [5, 5.41) is 0. The van der Waals surface area contributed by atoms with Crippen molar-refractivity contribution in [3.05, 3.63) is 69.5 Å². The van der Waals surface area contributed by atoms with Crippen LogP contribution >= 0.6 is 0 Å². The van der Waals surface area contributed by atoms with Gasteiger partial charge >= 0.3 is 6.36 Å². The Labute approximate surface area is 211 Å². The molecule has 1 fully saturated rings. The van der Waals surface area contributed by atoms with Crippen LogP contribution in [0, 0.1) is 12.4 Å². The van der Waals surface area contributed by atoms with Crippen molar-refractivity contribution >= 4 is 22.5 Å². The second kappa shape index (κ2) is 10.0. The number of pyridine rings is 2. The highest BCUT2D eigenvalue weighted by atomic mass is 19.4. The van der Waals surface area contributed by atoms with Crippen molar-refractivity contribution in [3.63, 3.8) is 0 Å². The molecular weight excluding hydrogens is 490 g/mol. The van der Waals surface area contributed by atoms with Crippen molar-refractivity contribution < 1.29 is 22.3 Å². The molecule has 1 aliphatic rings. The molecule has 0 spiro atoms. The molecule has 7 nitrogen and oxygen atoms in total. The van der Waals surface area contributed by atoms with E-state index in [-0.39, 0.29) is 29.5 Å². The maximum Gasteiger partial charge on any atom is 0.573 e. The molecule has 11 heteroatoms. The molecule has 0 aliphatic carbocycles. The van der Waals surface area contributed by atoms with E-state index < -0.39 is 17.9 Å². The van der Waals surface area contributed by atoms with Gasteiger partial charge in [0.05, 0.1) is 11.2 Å². The van der Waals surface area contributed by atoms with E-state index in [1.165, 1.54) is 16.7 Å². The van der Waals surface area contributed by atoms with Gasteiger partial charge in [-0.1, -0.05) is 19.6 Å². The summed E-state index contributed by atoms with van der Waals surface area (Å²) in [6, 6.07) is 7.50. The SMILES string of the molecule is [C-]#[N+]c1ccc2c(n1)c(N1C[C@@H](C)N(C(CC)c3ccc(OC(F)(F)F)cc3F)C[C@@H]1C)cc(=O)n2C. The molecule has 1 saturated heterocycles. The Morgan fingerprint density at radius 1 is 1.16 bits per heavy atom. The fourth-order valence-electron chi connectivity index (χ4n) is 5.11. The van der Waals surface area contributed by atoms with E-state index in [4.69, 9.17) is 6.57 Å². The Bertz CT molecular complexity index is 1420. The third-order valence-electron chi connectivity index (χ3n) is 6.86. The Kier molecular flexibility index (Phi) is 7.15. The van der Waals surface area contributed by atoms with Gasteiger partial charge in [0.15, 0.2) is 0 Å². The van der Waals surface area contributed by atoms with E-state index in [2.05, 4.69) is 24.4 Å². The number of benzene rings is 1. The van der Waals surface area contributed by atoms with Crippen molar-refractivity contribution in [1.29, 1.82) is 0 Å². The van der Waals surface area contributed by atoms with Crippen LogP contribution in [0.25, 0.3) is 15.9 Å². The number of ether oxygens (including phenoxy) is 1. The first-order valence-electron chi connectivity index (χ1n) is 11.9. The highest BCUT2D eigenvalue weighted by Crippen LogP contribution is 2.36. The van der Waals surface area contributed by atoms with Crippen LogP contribution < -0.4 is 15.2 Å². The number of anilines is 1. The molecule has 0 saturated carbocycles. The molecule has 2 aromatic heterocycles. The number of aryl methyl sites for hydroxylation is 1. The van der Waals surface area contributed by atoms with Crippen LogP contribution in [0.3, 0.4) is 0 Å². The normalized spacial score (nSPS) is 19.6. The Morgan fingerprint density at radius 2 is 1.89 bits per heavy atom. The predicted molar refractivity (Wildman–Crippen MR) is 132 cm³/mol. The first kappa shape index (κ1) is 26.4. The second-order valence-corrected chi connectivity index (χ2v) is 9.28. The van der Waals surface area contributed by atoms with Crippen molar-refractivity contribution in [2.45, 2.75) is 51.7 Å². The molecule has 0 N–H and O–H groups in total. The van der Waals surface area contributed by atoms with Crippen molar-refractivity contribution in [2.24, 2.45) is 7.05 Å². The number of alkyl halides is 3. The zero-order valence-corrected chi connectivity index (χ0v) is 20.9. The summed E-state index contributed by atoms with van der Waals surface area (Å²) in [6.45, 7) is 14.2. The molecule has 1 unspecified atom stereocenters. The Morgan fingerprint density at radius 3 is 2.51 bits per heavy atom. The number of piperazine rings is 1. The lowest BCUT2D eigenvalue weighted by atomic mass is 9.96. The second-order valence-electron chi connectivity index (χ2n) is 9.28. The topological polar surface area (TPSA) is 55.0 Å². The fourth-order valence-corrected chi connectivity index (χ4v) is 5.11. The average Bonchev–Trinajstić information content (AvgIpc) is 2.83. The summed E-state index contributed by atoms with van der Waals surface area (Å²) in [4.78, 5) is 24.8.